The van der Waals surface area contributed by atoms with Gasteiger partial charge in [-0.25, -0.2) is 0 Å². The van der Waals surface area contributed by atoms with Crippen LogP contribution in [-0.2, 0) is 18.0 Å². The van der Waals surface area contributed by atoms with Gasteiger partial charge in [-0.15, -0.1) is 10.2 Å². The highest BCUT2D eigenvalue weighted by Crippen LogP contribution is 2.29. The number of thioether (sulfide) groups is 1. The number of hydrogen-bond acceptors (Lipinski definition) is 4. The molecule has 1 aromatic heterocycles. The fraction of sp³-hybridized carbons (Fsp3) is 0.438. The maximum absolute atomic E-state index is 12.7. The molecule has 10 heteroatoms. The van der Waals surface area contributed by atoms with E-state index in [2.05, 4.69) is 15.5 Å². The van der Waals surface area contributed by atoms with Gasteiger partial charge in [0.1, 0.15) is 6.04 Å². The Labute approximate surface area is 153 Å². The lowest BCUT2D eigenvalue weighted by atomic mass is 10.1. The van der Waals surface area contributed by atoms with Gasteiger partial charge in [-0.1, -0.05) is 42.1 Å². The van der Waals surface area contributed by atoms with Gasteiger partial charge >= 0.3 is 6.18 Å². The fourth-order valence-corrected chi connectivity index (χ4v) is 3.17. The molecule has 1 atom stereocenters. The Morgan fingerprint density at radius 2 is 1.92 bits per heavy atom. The van der Waals surface area contributed by atoms with Gasteiger partial charge in [-0.05, 0) is 0 Å². The number of amides is 1. The summed E-state index contributed by atoms with van der Waals surface area (Å²) in [5.41, 5.74) is 1.10. The van der Waals surface area contributed by atoms with Crippen LogP contribution in [0, 0.1) is 0 Å². The Balaban J connectivity index is 1.90. The van der Waals surface area contributed by atoms with Crippen molar-refractivity contribution in [3.8, 4) is 0 Å². The first-order valence-electron chi connectivity index (χ1n) is 7.91. The van der Waals surface area contributed by atoms with Gasteiger partial charge in [0.05, 0.1) is 26.4 Å². The number of carbonyl (C=O) groups is 1. The van der Waals surface area contributed by atoms with E-state index in [4.69, 9.17) is 0 Å². The van der Waals surface area contributed by atoms with Gasteiger partial charge in [-0.2, -0.15) is 13.2 Å². The molecule has 142 valence electrons. The first kappa shape index (κ1) is 20.2. The summed E-state index contributed by atoms with van der Waals surface area (Å²) in [6, 6.07) is 9.88. The topological polar surface area (TPSA) is 64.2 Å². The number of likely N-dealkylation sites (N-methyl/N-ethyl adjacent to an activating group) is 1. The molecule has 1 heterocycles. The highest BCUT2D eigenvalue weighted by Gasteiger charge is 2.37. The summed E-state index contributed by atoms with van der Waals surface area (Å²) in [6.07, 6.45) is -4.57. The quantitative estimate of drug-likeness (QED) is 0.693. The van der Waals surface area contributed by atoms with Crippen molar-refractivity contribution in [2.75, 3.05) is 26.4 Å². The lowest BCUT2D eigenvalue weighted by molar-refractivity contribution is -0.890. The van der Waals surface area contributed by atoms with Gasteiger partial charge in [0, 0.05) is 12.6 Å². The normalized spacial score (nSPS) is 13.0. The van der Waals surface area contributed by atoms with E-state index in [1.807, 2.05) is 44.4 Å². The van der Waals surface area contributed by atoms with Crippen LogP contribution in [0.15, 0.2) is 35.5 Å². The second-order valence-electron chi connectivity index (χ2n) is 6.00. The number of hydrogen-bond donors (Lipinski definition) is 2. The van der Waals surface area contributed by atoms with E-state index < -0.39 is 12.0 Å². The van der Waals surface area contributed by atoms with Crippen molar-refractivity contribution < 1.29 is 22.9 Å². The van der Waals surface area contributed by atoms with Crippen molar-refractivity contribution in [3.05, 3.63) is 41.7 Å². The molecule has 0 fully saturated rings. The molecule has 0 saturated heterocycles. The molecule has 0 aliphatic carbocycles. The van der Waals surface area contributed by atoms with Gasteiger partial charge in [0.15, 0.2) is 5.16 Å². The molecule has 2 aromatic rings. The minimum absolute atomic E-state index is 0.0336. The molecule has 2 rings (SSSR count). The summed E-state index contributed by atoms with van der Waals surface area (Å²) in [7, 11) is 5.22. The maximum Gasteiger partial charge on any atom is 0.451 e. The highest BCUT2D eigenvalue weighted by atomic mass is 32.2. The van der Waals surface area contributed by atoms with Crippen molar-refractivity contribution in [3.63, 3.8) is 0 Å². The molecule has 0 aliphatic heterocycles. The van der Waals surface area contributed by atoms with Crippen LogP contribution in [0.3, 0.4) is 0 Å². The average molecular weight is 388 g/mol. The second-order valence-corrected chi connectivity index (χ2v) is 6.94. The van der Waals surface area contributed by atoms with Crippen molar-refractivity contribution >= 4 is 17.7 Å². The van der Waals surface area contributed by atoms with Crippen molar-refractivity contribution in [2.45, 2.75) is 17.4 Å². The van der Waals surface area contributed by atoms with Crippen LogP contribution in [0.25, 0.3) is 0 Å². The molecule has 0 saturated carbocycles. The zero-order valence-corrected chi connectivity index (χ0v) is 15.5. The molecular formula is C16H21F3N5OS+. The fourth-order valence-electron chi connectivity index (χ4n) is 2.43. The summed E-state index contributed by atoms with van der Waals surface area (Å²) in [4.78, 5) is 13.2. The van der Waals surface area contributed by atoms with E-state index in [9.17, 15) is 18.0 Å². The Morgan fingerprint density at radius 1 is 1.27 bits per heavy atom. The molecule has 0 aliphatic rings. The highest BCUT2D eigenvalue weighted by molar-refractivity contribution is 7.99. The minimum Gasteiger partial charge on any atom is -0.349 e. The first-order chi connectivity index (χ1) is 12.2. The Bertz CT molecular complexity index is 733. The van der Waals surface area contributed by atoms with Crippen LogP contribution in [-0.4, -0.2) is 47.1 Å². The molecule has 1 aromatic carbocycles. The average Bonchev–Trinajstić information content (AvgIpc) is 2.95. The Kier molecular flexibility index (Phi) is 6.65. The van der Waals surface area contributed by atoms with E-state index in [-0.39, 0.29) is 22.9 Å². The van der Waals surface area contributed by atoms with Crippen LogP contribution in [0.5, 0.6) is 0 Å². The van der Waals surface area contributed by atoms with Crippen LogP contribution < -0.4 is 10.2 Å². The van der Waals surface area contributed by atoms with Crippen LogP contribution in [0.4, 0.5) is 13.2 Å². The Hall–Kier alpha value is -2.07. The van der Waals surface area contributed by atoms with Gasteiger partial charge < -0.3 is 14.8 Å². The summed E-state index contributed by atoms with van der Waals surface area (Å²) in [5, 5.41) is 9.51. The summed E-state index contributed by atoms with van der Waals surface area (Å²) in [6.45, 7) is 0.429. The number of halogens is 3. The van der Waals surface area contributed by atoms with E-state index >= 15 is 0 Å². The van der Waals surface area contributed by atoms with Crippen molar-refractivity contribution in [1.82, 2.24) is 20.1 Å². The van der Waals surface area contributed by atoms with Crippen molar-refractivity contribution in [1.29, 1.82) is 0 Å². The third-order valence-electron chi connectivity index (χ3n) is 3.82. The molecular weight excluding hydrogens is 367 g/mol. The standard InChI is InChI=1S/C16H20F3N5OS/c1-23(2)12(11-7-5-4-6-8-11)9-20-13(25)10-26-15-22-21-14(24(15)3)16(17,18)19/h4-8,12H,9-10H2,1-3H3,(H,20,25)/p+1/t12-/m1/s1. The molecule has 2 N–H and O–H groups in total. The molecule has 1 amide bonds. The van der Waals surface area contributed by atoms with Gasteiger partial charge in [0.25, 0.3) is 0 Å². The zero-order chi connectivity index (χ0) is 19.3. The van der Waals surface area contributed by atoms with Crippen LogP contribution >= 0.6 is 11.8 Å². The lowest BCUT2D eigenvalue weighted by Gasteiger charge is -2.22. The van der Waals surface area contributed by atoms with Crippen molar-refractivity contribution in [2.24, 2.45) is 7.05 Å². The first-order valence-corrected chi connectivity index (χ1v) is 8.89. The predicted molar refractivity (Wildman–Crippen MR) is 91.7 cm³/mol. The van der Waals surface area contributed by atoms with Crippen LogP contribution in [0.1, 0.15) is 17.4 Å². The predicted octanol–water partition coefficient (Wildman–Crippen LogP) is 0.928. The number of alkyl halides is 3. The molecule has 6 nitrogen and oxygen atoms in total. The van der Waals surface area contributed by atoms with E-state index in [1.54, 1.807) is 0 Å². The SMILES string of the molecule is Cn1c(SCC(=O)NC[C@H](c2ccccc2)[NH+](C)C)nnc1C(F)(F)F. The summed E-state index contributed by atoms with van der Waals surface area (Å²) in [5.74, 6) is -1.39. The third-order valence-corrected chi connectivity index (χ3v) is 4.84. The van der Waals surface area contributed by atoms with Gasteiger partial charge in [-0.3, -0.25) is 4.79 Å². The number of nitrogens with one attached hydrogen (secondary N) is 2. The van der Waals surface area contributed by atoms with E-state index in [0.29, 0.717) is 6.54 Å². The molecule has 0 radical (unpaired) electrons. The third kappa shape index (κ3) is 5.21. The number of carbonyl (C=O) groups excluding carboxylic acids is 1. The summed E-state index contributed by atoms with van der Waals surface area (Å²) >= 11 is 0.918. The lowest BCUT2D eigenvalue weighted by Crippen LogP contribution is -3.07. The van der Waals surface area contributed by atoms with E-state index in [0.717, 1.165) is 26.8 Å². The largest absolute Gasteiger partial charge is 0.451 e. The van der Waals surface area contributed by atoms with Crippen LogP contribution in [0.2, 0.25) is 0 Å². The smallest absolute Gasteiger partial charge is 0.349 e. The molecule has 0 unspecified atom stereocenters. The second kappa shape index (κ2) is 8.54. The van der Waals surface area contributed by atoms with E-state index in [1.165, 1.54) is 7.05 Å². The number of nitrogens with zero attached hydrogens (tertiary/aromatic N) is 3. The zero-order valence-electron chi connectivity index (χ0n) is 14.7. The summed E-state index contributed by atoms with van der Waals surface area (Å²) < 4.78 is 38.9. The number of benzene rings is 1. The molecule has 0 bridgehead atoms. The monoisotopic (exact) mass is 388 g/mol. The maximum atomic E-state index is 12.7. The van der Waals surface area contributed by atoms with Gasteiger partial charge in [0.2, 0.25) is 11.7 Å². The minimum atomic E-state index is -4.57. The number of quaternary nitrogens is 1. The Morgan fingerprint density at radius 3 is 2.46 bits per heavy atom. The molecule has 0 spiro atoms. The number of aromatic nitrogens is 3. The molecule has 26 heavy (non-hydrogen) atoms. The number of rotatable bonds is 7.